The summed E-state index contributed by atoms with van der Waals surface area (Å²) in [5, 5.41) is 3.25. The molecule has 0 bridgehead atoms. The van der Waals surface area contributed by atoms with Crippen LogP contribution < -0.4 is 14.8 Å². The minimum Gasteiger partial charge on any atom is -0.314 e. The first kappa shape index (κ1) is 20.7. The summed E-state index contributed by atoms with van der Waals surface area (Å²) < 4.78 is 27.9. The Morgan fingerprint density at radius 2 is 1.78 bits per heavy atom. The lowest BCUT2D eigenvalue weighted by Gasteiger charge is -2.27. The molecule has 0 aromatic carbocycles. The summed E-state index contributed by atoms with van der Waals surface area (Å²) >= 11 is 0. The minimum absolute atomic E-state index is 0. The summed E-state index contributed by atoms with van der Waals surface area (Å²) in [5.41, 5.74) is 0. The van der Waals surface area contributed by atoms with Crippen LogP contribution in [0.4, 0.5) is 0 Å². The van der Waals surface area contributed by atoms with Gasteiger partial charge in [0.2, 0.25) is 0 Å². The van der Waals surface area contributed by atoms with Crippen LogP contribution in [-0.2, 0) is 10.2 Å². The van der Waals surface area contributed by atoms with Crippen molar-refractivity contribution >= 4 is 35.0 Å². The second-order valence-electron chi connectivity index (χ2n) is 4.26. The van der Waals surface area contributed by atoms with E-state index in [-0.39, 0.29) is 30.9 Å². The van der Waals surface area contributed by atoms with Gasteiger partial charge in [0, 0.05) is 45.3 Å². The summed E-state index contributed by atoms with van der Waals surface area (Å²) in [4.78, 5) is 2.24. The van der Waals surface area contributed by atoms with Crippen LogP contribution >= 0.6 is 24.8 Å². The molecule has 1 fully saturated rings. The van der Waals surface area contributed by atoms with Crippen molar-refractivity contribution in [3.8, 4) is 0 Å². The van der Waals surface area contributed by atoms with E-state index in [2.05, 4.69) is 19.7 Å². The van der Waals surface area contributed by atoms with Crippen molar-refractivity contribution in [3.63, 3.8) is 0 Å². The van der Waals surface area contributed by atoms with Gasteiger partial charge in [-0.25, -0.2) is 4.72 Å². The Morgan fingerprint density at radius 1 is 1.22 bits per heavy atom. The third-order valence-corrected chi connectivity index (χ3v) is 3.69. The van der Waals surface area contributed by atoms with Gasteiger partial charge in [0.25, 0.3) is 10.2 Å². The highest BCUT2D eigenvalue weighted by Crippen LogP contribution is 1.91. The maximum Gasteiger partial charge on any atom is 0.277 e. The molecule has 0 aliphatic carbocycles. The Labute approximate surface area is 122 Å². The van der Waals surface area contributed by atoms with Crippen molar-refractivity contribution in [2.24, 2.45) is 0 Å². The first-order valence-electron chi connectivity index (χ1n) is 5.69. The van der Waals surface area contributed by atoms with E-state index in [1.54, 1.807) is 13.8 Å². The van der Waals surface area contributed by atoms with Crippen molar-refractivity contribution in [3.05, 3.63) is 0 Å². The molecular formula is C9H24Cl2N4O2S. The second kappa shape index (κ2) is 10.2. The van der Waals surface area contributed by atoms with Crippen molar-refractivity contribution in [1.29, 1.82) is 0 Å². The zero-order chi connectivity index (χ0) is 12.0. The lowest BCUT2D eigenvalue weighted by Crippen LogP contribution is -2.48. The van der Waals surface area contributed by atoms with Crippen molar-refractivity contribution in [2.45, 2.75) is 19.9 Å². The van der Waals surface area contributed by atoms with Crippen LogP contribution in [0.3, 0.4) is 0 Å². The topological polar surface area (TPSA) is 73.5 Å². The average molecular weight is 323 g/mol. The van der Waals surface area contributed by atoms with Crippen LogP contribution in [-0.4, -0.2) is 58.6 Å². The molecule has 0 unspecified atom stereocenters. The molecular weight excluding hydrogens is 299 g/mol. The zero-order valence-electron chi connectivity index (χ0n) is 10.8. The normalized spacial score (nSPS) is 17.1. The highest BCUT2D eigenvalue weighted by atomic mass is 35.5. The minimum atomic E-state index is -3.32. The molecule has 0 atom stereocenters. The van der Waals surface area contributed by atoms with E-state index < -0.39 is 10.2 Å². The van der Waals surface area contributed by atoms with E-state index in [0.29, 0.717) is 6.54 Å². The number of rotatable bonds is 6. The molecule has 3 N–H and O–H groups in total. The van der Waals surface area contributed by atoms with E-state index in [4.69, 9.17) is 0 Å². The highest BCUT2D eigenvalue weighted by Gasteiger charge is 2.12. The number of nitrogens with zero attached hydrogens (tertiary/aromatic N) is 1. The lowest BCUT2D eigenvalue weighted by atomic mass is 10.3. The third kappa shape index (κ3) is 9.32. The third-order valence-electron chi connectivity index (χ3n) is 2.32. The van der Waals surface area contributed by atoms with Gasteiger partial charge in [0.15, 0.2) is 0 Å². The summed E-state index contributed by atoms with van der Waals surface area (Å²) in [6.07, 6.45) is 0. The smallest absolute Gasteiger partial charge is 0.277 e. The quantitative estimate of drug-likeness (QED) is 0.620. The van der Waals surface area contributed by atoms with Gasteiger partial charge in [0.05, 0.1) is 0 Å². The summed E-state index contributed by atoms with van der Waals surface area (Å²) in [6.45, 7) is 8.76. The monoisotopic (exact) mass is 322 g/mol. The number of hydrogen-bond donors (Lipinski definition) is 3. The molecule has 0 saturated carbocycles. The van der Waals surface area contributed by atoms with Gasteiger partial charge >= 0.3 is 0 Å². The fraction of sp³-hybridized carbons (Fsp3) is 1.00. The van der Waals surface area contributed by atoms with E-state index >= 15 is 0 Å². The maximum atomic E-state index is 11.4. The van der Waals surface area contributed by atoms with Crippen LogP contribution in [0.2, 0.25) is 0 Å². The second-order valence-corrected chi connectivity index (χ2v) is 5.79. The Morgan fingerprint density at radius 3 is 2.28 bits per heavy atom. The van der Waals surface area contributed by atoms with Crippen LogP contribution in [0.25, 0.3) is 0 Å². The van der Waals surface area contributed by atoms with Crippen LogP contribution in [0.5, 0.6) is 0 Å². The van der Waals surface area contributed by atoms with Gasteiger partial charge < -0.3 is 5.32 Å². The Hall–Kier alpha value is 0.370. The predicted molar refractivity (Wildman–Crippen MR) is 79.0 cm³/mol. The summed E-state index contributed by atoms with van der Waals surface area (Å²) in [6, 6.07) is -0.0725. The van der Waals surface area contributed by atoms with Gasteiger partial charge in [-0.05, 0) is 13.8 Å². The van der Waals surface area contributed by atoms with E-state index in [1.807, 2.05) is 0 Å². The Kier molecular flexibility index (Phi) is 11.7. The fourth-order valence-corrected chi connectivity index (χ4v) is 2.69. The van der Waals surface area contributed by atoms with Crippen LogP contribution in [0, 0.1) is 0 Å². The van der Waals surface area contributed by atoms with Gasteiger partial charge in [-0.3, -0.25) is 4.90 Å². The Bertz CT molecular complexity index is 295. The largest absolute Gasteiger partial charge is 0.314 e. The van der Waals surface area contributed by atoms with E-state index in [0.717, 1.165) is 32.7 Å². The molecule has 1 aliphatic rings. The van der Waals surface area contributed by atoms with Gasteiger partial charge in [-0.1, -0.05) is 0 Å². The number of nitrogens with one attached hydrogen (secondary N) is 3. The van der Waals surface area contributed by atoms with Gasteiger partial charge in [-0.2, -0.15) is 13.1 Å². The van der Waals surface area contributed by atoms with Crippen molar-refractivity contribution in [2.75, 3.05) is 39.3 Å². The number of halogens is 2. The average Bonchev–Trinajstić information content (AvgIpc) is 2.16. The van der Waals surface area contributed by atoms with Crippen molar-refractivity contribution in [1.82, 2.24) is 19.7 Å². The fourth-order valence-electron chi connectivity index (χ4n) is 1.62. The molecule has 112 valence electrons. The van der Waals surface area contributed by atoms with Crippen molar-refractivity contribution < 1.29 is 8.42 Å². The Balaban J connectivity index is 0. The predicted octanol–water partition coefficient (Wildman–Crippen LogP) is -0.432. The van der Waals surface area contributed by atoms with Gasteiger partial charge in [-0.15, -0.1) is 24.8 Å². The number of hydrogen-bond acceptors (Lipinski definition) is 4. The van der Waals surface area contributed by atoms with E-state index in [9.17, 15) is 8.42 Å². The summed E-state index contributed by atoms with van der Waals surface area (Å²) in [7, 11) is -3.32. The van der Waals surface area contributed by atoms with Gasteiger partial charge in [0.1, 0.15) is 0 Å². The molecule has 9 heteroatoms. The first-order chi connectivity index (χ1) is 7.49. The molecule has 6 nitrogen and oxygen atoms in total. The molecule has 18 heavy (non-hydrogen) atoms. The first-order valence-corrected chi connectivity index (χ1v) is 7.18. The standard InChI is InChI=1S/C9H22N4O2S.2ClH/c1-9(2)12-16(14,15)11-5-8-13-6-3-10-4-7-13;;/h9-12H,3-8H2,1-2H3;2*1H. The molecule has 1 rings (SSSR count). The highest BCUT2D eigenvalue weighted by molar-refractivity contribution is 7.87. The number of piperazine rings is 1. The molecule has 1 saturated heterocycles. The van der Waals surface area contributed by atoms with E-state index in [1.165, 1.54) is 0 Å². The molecule has 0 amide bonds. The summed E-state index contributed by atoms with van der Waals surface area (Å²) in [5.74, 6) is 0. The maximum absolute atomic E-state index is 11.4. The molecule has 0 spiro atoms. The SMILES string of the molecule is CC(C)NS(=O)(=O)NCCN1CCNCC1.Cl.Cl. The molecule has 0 radical (unpaired) electrons. The molecule has 0 aromatic heterocycles. The zero-order valence-corrected chi connectivity index (χ0v) is 13.3. The molecule has 0 aromatic rings. The lowest BCUT2D eigenvalue weighted by molar-refractivity contribution is 0.245. The molecule has 1 aliphatic heterocycles. The van der Waals surface area contributed by atoms with Crippen LogP contribution in [0.15, 0.2) is 0 Å². The van der Waals surface area contributed by atoms with Crippen LogP contribution in [0.1, 0.15) is 13.8 Å². The molecule has 1 heterocycles.